The molecule has 0 aliphatic carbocycles. The smallest absolute Gasteiger partial charge is 0.251 e. The first-order valence-electron chi connectivity index (χ1n) is 10.1. The number of hydrogen-bond acceptors (Lipinski definition) is 3. The molecule has 5 heteroatoms. The number of benzene rings is 2. The number of nitrogens with zero attached hydrogens (tertiary/aromatic N) is 2. The van der Waals surface area contributed by atoms with Crippen LogP contribution in [0.15, 0.2) is 54.6 Å². The number of carbonyl (C=O) groups excluding carboxylic acids is 1. The molecule has 0 spiro atoms. The van der Waals surface area contributed by atoms with Gasteiger partial charge in [-0.25, -0.2) is 0 Å². The van der Waals surface area contributed by atoms with Gasteiger partial charge in [0.2, 0.25) is 0 Å². The van der Waals surface area contributed by atoms with Crippen molar-refractivity contribution in [2.45, 2.75) is 31.2 Å². The highest BCUT2D eigenvalue weighted by molar-refractivity contribution is 6.20. The standard InChI is InChI=1S/C23H30ClN3O/c1-3-14-25-23(28)19-9-11-21(12-10-19)26(2)22(18-7-5-4-6-8-18)17-27-15-13-20(24)16-27/h4-12,20,22H,3,13-17H2,1-2H3,(H,25,28). The lowest BCUT2D eigenvalue weighted by molar-refractivity contribution is 0.0953. The second kappa shape index (κ2) is 9.94. The maximum Gasteiger partial charge on any atom is 0.251 e. The Bertz CT molecular complexity index is 750. The Morgan fingerprint density at radius 3 is 2.54 bits per heavy atom. The molecule has 0 saturated carbocycles. The van der Waals surface area contributed by atoms with Crippen LogP contribution < -0.4 is 10.2 Å². The second-order valence-corrected chi connectivity index (χ2v) is 8.10. The third-order valence-corrected chi connectivity index (χ3v) is 5.73. The summed E-state index contributed by atoms with van der Waals surface area (Å²) in [6, 6.07) is 18.7. The molecule has 1 saturated heterocycles. The lowest BCUT2D eigenvalue weighted by atomic mass is 10.0. The van der Waals surface area contributed by atoms with Gasteiger partial charge in [0.25, 0.3) is 5.91 Å². The summed E-state index contributed by atoms with van der Waals surface area (Å²) in [5.74, 6) is -0.0131. The van der Waals surface area contributed by atoms with E-state index >= 15 is 0 Å². The molecule has 0 bridgehead atoms. The first-order chi connectivity index (χ1) is 13.6. The van der Waals surface area contributed by atoms with Crippen LogP contribution in [0.1, 0.15) is 41.7 Å². The van der Waals surface area contributed by atoms with Gasteiger partial charge in [0, 0.05) is 43.3 Å². The molecule has 3 rings (SSSR count). The van der Waals surface area contributed by atoms with Crippen molar-refractivity contribution >= 4 is 23.2 Å². The van der Waals surface area contributed by atoms with Gasteiger partial charge in [0.15, 0.2) is 0 Å². The summed E-state index contributed by atoms with van der Waals surface area (Å²) in [6.07, 6.45) is 1.99. The molecule has 1 amide bonds. The minimum Gasteiger partial charge on any atom is -0.366 e. The molecule has 150 valence electrons. The van der Waals surface area contributed by atoms with Gasteiger partial charge in [-0.2, -0.15) is 0 Å². The van der Waals surface area contributed by atoms with Gasteiger partial charge in [-0.1, -0.05) is 37.3 Å². The molecule has 4 nitrogen and oxygen atoms in total. The Morgan fingerprint density at radius 2 is 1.93 bits per heavy atom. The molecule has 2 atom stereocenters. The second-order valence-electron chi connectivity index (χ2n) is 7.49. The van der Waals surface area contributed by atoms with E-state index in [1.54, 1.807) is 0 Å². The van der Waals surface area contributed by atoms with Gasteiger partial charge < -0.3 is 10.2 Å². The van der Waals surface area contributed by atoms with Crippen molar-refractivity contribution < 1.29 is 4.79 Å². The number of rotatable bonds is 8. The highest BCUT2D eigenvalue weighted by Crippen LogP contribution is 2.28. The number of halogens is 1. The number of likely N-dealkylation sites (tertiary alicyclic amines) is 1. The van der Waals surface area contributed by atoms with E-state index in [0.717, 1.165) is 38.2 Å². The molecule has 1 heterocycles. The summed E-state index contributed by atoms with van der Waals surface area (Å²) in [6.45, 7) is 5.67. The van der Waals surface area contributed by atoms with Crippen molar-refractivity contribution in [3.05, 3.63) is 65.7 Å². The Morgan fingerprint density at radius 1 is 1.21 bits per heavy atom. The zero-order valence-corrected chi connectivity index (χ0v) is 17.5. The zero-order chi connectivity index (χ0) is 19.9. The number of carbonyl (C=O) groups is 1. The fraction of sp³-hybridized carbons (Fsp3) is 0.435. The monoisotopic (exact) mass is 399 g/mol. The van der Waals surface area contributed by atoms with Crippen LogP contribution in [0.4, 0.5) is 5.69 Å². The van der Waals surface area contributed by atoms with E-state index in [1.807, 2.05) is 24.3 Å². The predicted molar refractivity (Wildman–Crippen MR) is 117 cm³/mol. The van der Waals surface area contributed by atoms with Crippen molar-refractivity contribution in [1.82, 2.24) is 10.2 Å². The third kappa shape index (κ3) is 5.27. The highest BCUT2D eigenvalue weighted by atomic mass is 35.5. The van der Waals surface area contributed by atoms with Crippen LogP contribution in [0.25, 0.3) is 0 Å². The van der Waals surface area contributed by atoms with E-state index in [4.69, 9.17) is 11.6 Å². The average molecular weight is 400 g/mol. The topological polar surface area (TPSA) is 35.6 Å². The van der Waals surface area contributed by atoms with Crippen molar-refractivity contribution in [3.8, 4) is 0 Å². The van der Waals surface area contributed by atoms with E-state index in [9.17, 15) is 4.79 Å². The lowest BCUT2D eigenvalue weighted by Gasteiger charge is -2.33. The van der Waals surface area contributed by atoms with Crippen LogP contribution in [0.3, 0.4) is 0 Å². The van der Waals surface area contributed by atoms with Gasteiger partial charge in [-0.05, 0) is 49.2 Å². The number of hydrogen-bond donors (Lipinski definition) is 1. The summed E-state index contributed by atoms with van der Waals surface area (Å²) < 4.78 is 0. The van der Waals surface area contributed by atoms with Crippen molar-refractivity contribution in [1.29, 1.82) is 0 Å². The van der Waals surface area contributed by atoms with Gasteiger partial charge in [0.1, 0.15) is 0 Å². The number of alkyl halides is 1. The molecule has 0 aromatic heterocycles. The van der Waals surface area contributed by atoms with Crippen molar-refractivity contribution in [2.24, 2.45) is 0 Å². The minimum absolute atomic E-state index is 0.0131. The fourth-order valence-corrected chi connectivity index (χ4v) is 3.98. The lowest BCUT2D eigenvalue weighted by Crippen LogP contribution is -2.35. The highest BCUT2D eigenvalue weighted by Gasteiger charge is 2.26. The van der Waals surface area contributed by atoms with Crippen LogP contribution in [-0.2, 0) is 0 Å². The van der Waals surface area contributed by atoms with Crippen LogP contribution >= 0.6 is 11.6 Å². The minimum atomic E-state index is -0.0131. The van der Waals surface area contributed by atoms with E-state index in [0.29, 0.717) is 12.1 Å². The summed E-state index contributed by atoms with van der Waals surface area (Å²) in [7, 11) is 2.12. The predicted octanol–water partition coefficient (Wildman–Crippen LogP) is 4.32. The van der Waals surface area contributed by atoms with E-state index in [2.05, 4.69) is 59.4 Å². The van der Waals surface area contributed by atoms with Gasteiger partial charge >= 0.3 is 0 Å². The zero-order valence-electron chi connectivity index (χ0n) is 16.8. The van der Waals surface area contributed by atoms with Gasteiger partial charge in [-0.3, -0.25) is 9.69 Å². The third-order valence-electron chi connectivity index (χ3n) is 5.37. The molecule has 1 N–H and O–H groups in total. The molecule has 1 fully saturated rings. The maximum atomic E-state index is 12.2. The van der Waals surface area contributed by atoms with E-state index in [-0.39, 0.29) is 17.3 Å². The van der Waals surface area contributed by atoms with Crippen LogP contribution in [0, 0.1) is 0 Å². The summed E-state index contributed by atoms with van der Waals surface area (Å²) in [5.41, 5.74) is 3.08. The molecule has 1 aliphatic heterocycles. The van der Waals surface area contributed by atoms with E-state index < -0.39 is 0 Å². The quantitative estimate of drug-likeness (QED) is 0.671. The van der Waals surface area contributed by atoms with Gasteiger partial charge in [0.05, 0.1) is 6.04 Å². The Balaban J connectivity index is 1.76. The molecule has 2 aromatic carbocycles. The number of anilines is 1. The summed E-state index contributed by atoms with van der Waals surface area (Å²) >= 11 is 6.32. The Hall–Kier alpha value is -2.04. The number of nitrogens with one attached hydrogen (secondary N) is 1. The molecular weight excluding hydrogens is 370 g/mol. The molecular formula is C23H30ClN3O. The first-order valence-corrected chi connectivity index (χ1v) is 10.5. The largest absolute Gasteiger partial charge is 0.366 e. The fourth-order valence-electron chi connectivity index (χ4n) is 3.69. The maximum absolute atomic E-state index is 12.2. The number of likely N-dealkylation sites (N-methyl/N-ethyl adjacent to an activating group) is 1. The summed E-state index contributed by atoms with van der Waals surface area (Å²) in [4.78, 5) is 16.9. The van der Waals surface area contributed by atoms with Crippen LogP contribution in [-0.4, -0.2) is 49.4 Å². The van der Waals surface area contributed by atoms with E-state index in [1.165, 1.54) is 5.56 Å². The first kappa shape index (κ1) is 20.7. The SMILES string of the molecule is CCCNC(=O)c1ccc(N(C)C(CN2CCC(Cl)C2)c2ccccc2)cc1. The average Bonchev–Trinajstić information content (AvgIpc) is 3.15. The molecule has 2 aromatic rings. The molecule has 0 radical (unpaired) electrons. The summed E-state index contributed by atoms with van der Waals surface area (Å²) in [5, 5.41) is 3.18. The Labute approximate surface area is 173 Å². The molecule has 2 unspecified atom stereocenters. The molecule has 1 aliphatic rings. The van der Waals surface area contributed by atoms with Crippen molar-refractivity contribution in [3.63, 3.8) is 0 Å². The van der Waals surface area contributed by atoms with Crippen molar-refractivity contribution in [2.75, 3.05) is 38.1 Å². The normalized spacial score (nSPS) is 18.0. The number of amides is 1. The van der Waals surface area contributed by atoms with Crippen LogP contribution in [0.5, 0.6) is 0 Å². The van der Waals surface area contributed by atoms with Gasteiger partial charge in [-0.15, -0.1) is 11.6 Å². The van der Waals surface area contributed by atoms with Crippen LogP contribution in [0.2, 0.25) is 0 Å². The molecule has 28 heavy (non-hydrogen) atoms. The Kier molecular flexibility index (Phi) is 7.35.